The normalized spacial score (nSPS) is 11.3. The molecular formula is C21H22BrN3O3. The summed E-state index contributed by atoms with van der Waals surface area (Å²) < 4.78 is 11.9. The van der Waals surface area contributed by atoms with E-state index in [2.05, 4.69) is 52.0 Å². The van der Waals surface area contributed by atoms with Crippen molar-refractivity contribution in [2.75, 3.05) is 19.0 Å². The van der Waals surface area contributed by atoms with Gasteiger partial charge in [0, 0.05) is 4.47 Å². The number of nitrogens with one attached hydrogen (secondary N) is 1. The van der Waals surface area contributed by atoms with Gasteiger partial charge in [0.25, 0.3) is 5.91 Å². The fourth-order valence-electron chi connectivity index (χ4n) is 2.71. The molecule has 0 unspecified atom stereocenters. The quantitative estimate of drug-likeness (QED) is 0.617. The zero-order valence-electron chi connectivity index (χ0n) is 16.2. The molecule has 0 aliphatic rings. The lowest BCUT2D eigenvalue weighted by Gasteiger charge is -2.21. The van der Waals surface area contributed by atoms with Crippen molar-refractivity contribution in [2.24, 2.45) is 0 Å². The van der Waals surface area contributed by atoms with Gasteiger partial charge in [0.1, 0.15) is 12.1 Å². The van der Waals surface area contributed by atoms with E-state index in [1.54, 1.807) is 7.11 Å². The highest BCUT2D eigenvalue weighted by atomic mass is 79.9. The largest absolute Gasteiger partial charge is 0.495 e. The number of anilines is 1. The molecule has 1 aromatic heterocycles. The van der Waals surface area contributed by atoms with Gasteiger partial charge in [-0.3, -0.25) is 4.79 Å². The van der Waals surface area contributed by atoms with E-state index < -0.39 is 0 Å². The van der Waals surface area contributed by atoms with Crippen LogP contribution in [0.3, 0.4) is 0 Å². The van der Waals surface area contributed by atoms with Crippen molar-refractivity contribution in [3.05, 3.63) is 52.8 Å². The fourth-order valence-corrected chi connectivity index (χ4v) is 3.07. The van der Waals surface area contributed by atoms with Gasteiger partial charge < -0.3 is 14.8 Å². The maximum Gasteiger partial charge on any atom is 0.262 e. The molecule has 7 heteroatoms. The molecular weight excluding hydrogens is 422 g/mol. The number of fused-ring (bicyclic) bond motifs is 1. The van der Waals surface area contributed by atoms with Crippen LogP contribution in [0.2, 0.25) is 0 Å². The number of carbonyl (C=O) groups excluding carboxylic acids is 1. The minimum atomic E-state index is -0.300. The van der Waals surface area contributed by atoms with Crippen molar-refractivity contribution in [2.45, 2.75) is 26.2 Å². The van der Waals surface area contributed by atoms with E-state index in [1.807, 2.05) is 36.4 Å². The predicted molar refractivity (Wildman–Crippen MR) is 113 cm³/mol. The summed E-state index contributed by atoms with van der Waals surface area (Å²) in [6.07, 6.45) is 1.42. The first-order chi connectivity index (χ1) is 13.3. The molecule has 146 valence electrons. The number of benzene rings is 2. The molecule has 0 saturated carbocycles. The van der Waals surface area contributed by atoms with Crippen molar-refractivity contribution in [1.29, 1.82) is 0 Å². The lowest BCUT2D eigenvalue weighted by atomic mass is 9.87. The Balaban J connectivity index is 1.76. The predicted octanol–water partition coefficient (Wildman–Crippen LogP) is 4.72. The van der Waals surface area contributed by atoms with Gasteiger partial charge in [-0.1, -0.05) is 42.8 Å². The minimum absolute atomic E-state index is 0.0461. The van der Waals surface area contributed by atoms with Gasteiger partial charge in [-0.05, 0) is 41.3 Å². The minimum Gasteiger partial charge on any atom is -0.495 e. The highest BCUT2D eigenvalue weighted by Crippen LogP contribution is 2.31. The number of ether oxygens (including phenoxy) is 2. The maximum atomic E-state index is 12.5. The van der Waals surface area contributed by atoms with E-state index >= 15 is 0 Å². The molecule has 0 bridgehead atoms. The summed E-state index contributed by atoms with van der Waals surface area (Å²) in [6.45, 7) is 6.16. The smallest absolute Gasteiger partial charge is 0.262 e. The summed E-state index contributed by atoms with van der Waals surface area (Å²) in [4.78, 5) is 20.8. The molecule has 0 aliphatic carbocycles. The molecule has 6 nitrogen and oxygen atoms in total. The van der Waals surface area contributed by atoms with Crippen LogP contribution in [-0.4, -0.2) is 29.6 Å². The number of nitrogens with zero attached hydrogens (tertiary/aromatic N) is 2. The molecule has 0 atom stereocenters. The van der Waals surface area contributed by atoms with Crippen molar-refractivity contribution in [3.63, 3.8) is 0 Å². The second-order valence-electron chi connectivity index (χ2n) is 7.34. The molecule has 1 N–H and O–H groups in total. The first kappa shape index (κ1) is 20.1. The Morgan fingerprint density at radius 2 is 1.93 bits per heavy atom. The van der Waals surface area contributed by atoms with Gasteiger partial charge in [0.2, 0.25) is 5.88 Å². The highest BCUT2D eigenvalue weighted by molar-refractivity contribution is 9.10. The van der Waals surface area contributed by atoms with E-state index in [1.165, 1.54) is 6.33 Å². The molecule has 1 heterocycles. The molecule has 28 heavy (non-hydrogen) atoms. The van der Waals surface area contributed by atoms with Crippen LogP contribution in [0.4, 0.5) is 5.69 Å². The van der Waals surface area contributed by atoms with Crippen molar-refractivity contribution in [1.82, 2.24) is 9.97 Å². The van der Waals surface area contributed by atoms with Crippen molar-refractivity contribution >= 4 is 38.4 Å². The average Bonchev–Trinajstić information content (AvgIpc) is 2.65. The van der Waals surface area contributed by atoms with Crippen LogP contribution >= 0.6 is 15.9 Å². The molecule has 1 amide bonds. The van der Waals surface area contributed by atoms with Crippen LogP contribution in [0.1, 0.15) is 26.3 Å². The monoisotopic (exact) mass is 443 g/mol. The number of rotatable bonds is 5. The SMILES string of the molecule is COc1ccc(C(C)(C)C)cc1NC(=O)COc1ncnc2ccc(Br)cc12. The topological polar surface area (TPSA) is 73.3 Å². The Kier molecular flexibility index (Phi) is 5.84. The Hall–Kier alpha value is -2.67. The van der Waals surface area contributed by atoms with Crippen LogP contribution in [0, 0.1) is 0 Å². The summed E-state index contributed by atoms with van der Waals surface area (Å²) in [7, 11) is 1.57. The van der Waals surface area contributed by atoms with Gasteiger partial charge in [-0.15, -0.1) is 0 Å². The summed E-state index contributed by atoms with van der Waals surface area (Å²) in [5, 5.41) is 3.60. The van der Waals surface area contributed by atoms with Gasteiger partial charge in [0.05, 0.1) is 23.7 Å². The van der Waals surface area contributed by atoms with E-state index in [-0.39, 0.29) is 17.9 Å². The third-order valence-electron chi connectivity index (χ3n) is 4.24. The molecule has 3 aromatic rings. The zero-order valence-corrected chi connectivity index (χ0v) is 17.8. The number of methoxy groups -OCH3 is 1. The Morgan fingerprint density at radius 1 is 1.14 bits per heavy atom. The number of carbonyl (C=O) groups is 1. The molecule has 0 aliphatic heterocycles. The molecule has 0 radical (unpaired) electrons. The second kappa shape index (κ2) is 8.14. The molecule has 0 spiro atoms. The van der Waals surface area contributed by atoms with Gasteiger partial charge in [-0.25, -0.2) is 9.97 Å². The molecule has 0 fully saturated rings. The van der Waals surface area contributed by atoms with E-state index in [4.69, 9.17) is 9.47 Å². The van der Waals surface area contributed by atoms with Crippen LogP contribution in [-0.2, 0) is 10.2 Å². The molecule has 2 aromatic carbocycles. The Morgan fingerprint density at radius 3 is 2.64 bits per heavy atom. The van der Waals surface area contributed by atoms with Gasteiger partial charge in [-0.2, -0.15) is 0 Å². The standard InChI is InChI=1S/C21H22BrN3O3/c1-21(2,3)13-5-8-18(27-4)17(9-13)25-19(26)11-28-20-15-10-14(22)6-7-16(15)23-12-24-20/h5-10,12H,11H2,1-4H3,(H,25,26). The van der Waals surface area contributed by atoms with Crippen molar-refractivity contribution in [3.8, 4) is 11.6 Å². The number of aromatic nitrogens is 2. The summed E-state index contributed by atoms with van der Waals surface area (Å²) in [5.74, 6) is 0.653. The van der Waals surface area contributed by atoms with Crippen LogP contribution in [0.15, 0.2) is 47.2 Å². The number of halogens is 1. The third-order valence-corrected chi connectivity index (χ3v) is 4.73. The summed E-state index contributed by atoms with van der Waals surface area (Å²) in [6, 6.07) is 11.4. The first-order valence-electron chi connectivity index (χ1n) is 8.79. The van der Waals surface area contributed by atoms with Gasteiger partial charge in [0.15, 0.2) is 6.61 Å². The lowest BCUT2D eigenvalue weighted by Crippen LogP contribution is -2.21. The Bertz CT molecular complexity index is 1020. The van der Waals surface area contributed by atoms with Gasteiger partial charge >= 0.3 is 0 Å². The second-order valence-corrected chi connectivity index (χ2v) is 8.26. The fraction of sp³-hybridized carbons (Fsp3) is 0.286. The van der Waals surface area contributed by atoms with Crippen LogP contribution < -0.4 is 14.8 Å². The molecule has 3 rings (SSSR count). The molecule has 0 saturated heterocycles. The Labute approximate surface area is 172 Å². The average molecular weight is 444 g/mol. The van der Waals surface area contributed by atoms with E-state index in [0.717, 1.165) is 20.9 Å². The van der Waals surface area contributed by atoms with Crippen LogP contribution in [0.5, 0.6) is 11.6 Å². The number of hydrogen-bond acceptors (Lipinski definition) is 5. The summed E-state index contributed by atoms with van der Waals surface area (Å²) in [5.41, 5.74) is 2.40. The number of hydrogen-bond donors (Lipinski definition) is 1. The van der Waals surface area contributed by atoms with E-state index in [9.17, 15) is 4.79 Å². The first-order valence-corrected chi connectivity index (χ1v) is 9.58. The highest BCUT2D eigenvalue weighted by Gasteiger charge is 2.17. The maximum absolute atomic E-state index is 12.5. The lowest BCUT2D eigenvalue weighted by molar-refractivity contribution is -0.118. The summed E-state index contributed by atoms with van der Waals surface area (Å²) >= 11 is 3.43. The zero-order chi connectivity index (χ0) is 20.3. The van der Waals surface area contributed by atoms with Crippen molar-refractivity contribution < 1.29 is 14.3 Å². The van der Waals surface area contributed by atoms with Crippen LogP contribution in [0.25, 0.3) is 10.9 Å². The third kappa shape index (κ3) is 4.59. The number of amides is 1. The van der Waals surface area contributed by atoms with E-state index in [0.29, 0.717) is 17.3 Å².